The second kappa shape index (κ2) is 5.92. The average Bonchev–Trinajstić information content (AvgIpc) is 2.20. The van der Waals surface area contributed by atoms with Crippen LogP contribution >= 0.6 is 0 Å². The van der Waals surface area contributed by atoms with Gasteiger partial charge in [0, 0.05) is 32.2 Å². The van der Waals surface area contributed by atoms with Crippen molar-refractivity contribution < 1.29 is 0 Å². The second-order valence-electron chi connectivity index (χ2n) is 4.15. The van der Waals surface area contributed by atoms with Crippen LogP contribution in [0.5, 0.6) is 0 Å². The van der Waals surface area contributed by atoms with Crippen LogP contribution in [0.3, 0.4) is 0 Å². The fourth-order valence-corrected chi connectivity index (χ4v) is 1.74. The summed E-state index contributed by atoms with van der Waals surface area (Å²) >= 11 is 0. The maximum absolute atomic E-state index is 5.69. The van der Waals surface area contributed by atoms with Crippen LogP contribution in [0.15, 0.2) is 4.99 Å². The molecule has 3 N–H and O–H groups in total. The molecule has 0 aromatic heterocycles. The van der Waals surface area contributed by atoms with Gasteiger partial charge in [-0.05, 0) is 21.0 Å². The summed E-state index contributed by atoms with van der Waals surface area (Å²) < 4.78 is 0. The highest BCUT2D eigenvalue weighted by Crippen LogP contribution is 2.05. The van der Waals surface area contributed by atoms with Crippen LogP contribution in [-0.4, -0.2) is 68.6 Å². The molecule has 1 aliphatic rings. The fraction of sp³-hybridized carbons (Fsp3) is 0.900. The summed E-state index contributed by atoms with van der Waals surface area (Å²) in [5.41, 5.74) is 5.69. The number of aliphatic imine (C=N–C) groups is 1. The third kappa shape index (κ3) is 4.05. The third-order valence-corrected chi connectivity index (χ3v) is 2.81. The molecule has 1 heterocycles. The van der Waals surface area contributed by atoms with Gasteiger partial charge in [0.2, 0.25) is 0 Å². The van der Waals surface area contributed by atoms with Crippen molar-refractivity contribution in [3.05, 3.63) is 0 Å². The molecular formula is C10H23N5. The lowest BCUT2D eigenvalue weighted by molar-refractivity contribution is 0.119. The van der Waals surface area contributed by atoms with Crippen LogP contribution < -0.4 is 11.1 Å². The van der Waals surface area contributed by atoms with Gasteiger partial charge < -0.3 is 16.0 Å². The molecule has 1 fully saturated rings. The van der Waals surface area contributed by atoms with Gasteiger partial charge in [-0.1, -0.05) is 0 Å². The van der Waals surface area contributed by atoms with E-state index in [0.717, 1.165) is 32.7 Å². The van der Waals surface area contributed by atoms with E-state index in [2.05, 4.69) is 34.2 Å². The molecule has 0 radical (unpaired) electrons. The van der Waals surface area contributed by atoms with Crippen LogP contribution in [0.2, 0.25) is 0 Å². The van der Waals surface area contributed by atoms with Crippen LogP contribution in [-0.2, 0) is 0 Å². The molecule has 0 aromatic carbocycles. The molecule has 0 saturated carbocycles. The van der Waals surface area contributed by atoms with Gasteiger partial charge in [0.25, 0.3) is 0 Å². The highest BCUT2D eigenvalue weighted by atomic mass is 15.3. The monoisotopic (exact) mass is 213 g/mol. The first-order valence-electron chi connectivity index (χ1n) is 5.56. The average molecular weight is 213 g/mol. The van der Waals surface area contributed by atoms with E-state index in [1.807, 2.05) is 6.92 Å². The molecule has 1 saturated heterocycles. The Bertz CT molecular complexity index is 216. The summed E-state index contributed by atoms with van der Waals surface area (Å²) in [5.74, 6) is 0.555. The molecule has 1 atom stereocenters. The van der Waals surface area contributed by atoms with E-state index in [4.69, 9.17) is 5.73 Å². The predicted molar refractivity (Wildman–Crippen MR) is 64.1 cm³/mol. The molecule has 1 rings (SSSR count). The van der Waals surface area contributed by atoms with Crippen molar-refractivity contribution in [2.45, 2.75) is 13.0 Å². The summed E-state index contributed by atoms with van der Waals surface area (Å²) in [6.07, 6.45) is 0. The molecule has 0 aliphatic carbocycles. The highest BCUT2D eigenvalue weighted by Gasteiger charge is 2.21. The topological polar surface area (TPSA) is 56.9 Å². The summed E-state index contributed by atoms with van der Waals surface area (Å²) in [4.78, 5) is 9.02. The van der Waals surface area contributed by atoms with Gasteiger partial charge in [-0.25, -0.2) is 0 Å². The Hall–Kier alpha value is -0.810. The molecule has 0 spiro atoms. The number of nitrogens with zero attached hydrogens (tertiary/aromatic N) is 3. The first-order chi connectivity index (χ1) is 7.13. The lowest BCUT2D eigenvalue weighted by Crippen LogP contribution is -2.51. The van der Waals surface area contributed by atoms with Gasteiger partial charge in [0.05, 0.1) is 6.54 Å². The first-order valence-corrected chi connectivity index (χ1v) is 5.56. The summed E-state index contributed by atoms with van der Waals surface area (Å²) in [6, 6.07) is 0.487. The zero-order valence-electron chi connectivity index (χ0n) is 10.0. The SMILES string of the molecule is CCNC(N)=NCC1CN(C)CCN1C. The number of guanidine groups is 1. The Balaban J connectivity index is 2.38. The molecule has 88 valence electrons. The lowest BCUT2D eigenvalue weighted by Gasteiger charge is -2.36. The Morgan fingerprint density at radius 1 is 1.47 bits per heavy atom. The molecule has 5 nitrogen and oxygen atoms in total. The molecule has 15 heavy (non-hydrogen) atoms. The van der Waals surface area contributed by atoms with E-state index in [-0.39, 0.29) is 0 Å². The number of nitrogens with two attached hydrogens (primary N) is 1. The van der Waals surface area contributed by atoms with Gasteiger partial charge in [0.1, 0.15) is 0 Å². The van der Waals surface area contributed by atoms with Crippen LogP contribution in [0.4, 0.5) is 0 Å². The minimum absolute atomic E-state index is 0.487. The van der Waals surface area contributed by atoms with Gasteiger partial charge >= 0.3 is 0 Å². The lowest BCUT2D eigenvalue weighted by atomic mass is 10.2. The van der Waals surface area contributed by atoms with Gasteiger partial charge in [-0.15, -0.1) is 0 Å². The zero-order chi connectivity index (χ0) is 11.3. The number of hydrogen-bond donors (Lipinski definition) is 2. The van der Waals surface area contributed by atoms with Crippen molar-refractivity contribution in [1.82, 2.24) is 15.1 Å². The fourth-order valence-electron chi connectivity index (χ4n) is 1.74. The van der Waals surface area contributed by atoms with Crippen molar-refractivity contribution in [3.8, 4) is 0 Å². The molecule has 5 heteroatoms. The predicted octanol–water partition coefficient (Wildman–Crippen LogP) is -0.844. The van der Waals surface area contributed by atoms with E-state index < -0.39 is 0 Å². The van der Waals surface area contributed by atoms with Crippen molar-refractivity contribution in [1.29, 1.82) is 0 Å². The van der Waals surface area contributed by atoms with Crippen molar-refractivity contribution in [2.24, 2.45) is 10.7 Å². The van der Waals surface area contributed by atoms with Gasteiger partial charge in [-0.2, -0.15) is 0 Å². The summed E-state index contributed by atoms with van der Waals surface area (Å²) in [7, 11) is 4.30. The van der Waals surface area contributed by atoms with Gasteiger partial charge in [0.15, 0.2) is 5.96 Å². The van der Waals surface area contributed by atoms with E-state index in [1.165, 1.54) is 0 Å². The number of hydrogen-bond acceptors (Lipinski definition) is 3. The Morgan fingerprint density at radius 3 is 2.87 bits per heavy atom. The van der Waals surface area contributed by atoms with E-state index in [0.29, 0.717) is 12.0 Å². The third-order valence-electron chi connectivity index (χ3n) is 2.81. The number of nitrogens with one attached hydrogen (secondary N) is 1. The van der Waals surface area contributed by atoms with Crippen LogP contribution in [0.25, 0.3) is 0 Å². The largest absolute Gasteiger partial charge is 0.370 e. The van der Waals surface area contributed by atoms with Crippen molar-refractivity contribution in [2.75, 3.05) is 46.8 Å². The van der Waals surface area contributed by atoms with Crippen molar-refractivity contribution >= 4 is 5.96 Å². The Kier molecular flexibility index (Phi) is 4.84. The Morgan fingerprint density at radius 2 is 2.20 bits per heavy atom. The van der Waals surface area contributed by atoms with Crippen LogP contribution in [0.1, 0.15) is 6.92 Å². The summed E-state index contributed by atoms with van der Waals surface area (Å²) in [5, 5.41) is 3.01. The maximum atomic E-state index is 5.69. The van der Waals surface area contributed by atoms with E-state index >= 15 is 0 Å². The number of rotatable bonds is 3. The molecule has 1 unspecified atom stereocenters. The first kappa shape index (κ1) is 12.3. The van der Waals surface area contributed by atoms with Crippen molar-refractivity contribution in [3.63, 3.8) is 0 Å². The van der Waals surface area contributed by atoms with Crippen LogP contribution in [0, 0.1) is 0 Å². The minimum Gasteiger partial charge on any atom is -0.370 e. The maximum Gasteiger partial charge on any atom is 0.188 e. The smallest absolute Gasteiger partial charge is 0.188 e. The molecule has 0 amide bonds. The standard InChI is InChI=1S/C10H23N5/c1-4-12-10(11)13-7-9-8-14(2)5-6-15(9)3/h9H,4-8H2,1-3H3,(H3,11,12,13). The summed E-state index contributed by atoms with van der Waals surface area (Å²) in [6.45, 7) is 6.94. The normalized spacial score (nSPS) is 25.5. The highest BCUT2D eigenvalue weighted by molar-refractivity contribution is 5.77. The number of likely N-dealkylation sites (N-methyl/N-ethyl adjacent to an activating group) is 2. The molecule has 1 aliphatic heterocycles. The molecule has 0 bridgehead atoms. The van der Waals surface area contributed by atoms with E-state index in [1.54, 1.807) is 0 Å². The molecule has 0 aromatic rings. The Labute approximate surface area is 92.3 Å². The quantitative estimate of drug-likeness (QED) is 0.474. The van der Waals surface area contributed by atoms with E-state index in [9.17, 15) is 0 Å². The van der Waals surface area contributed by atoms with Gasteiger partial charge in [-0.3, -0.25) is 9.89 Å². The minimum atomic E-state index is 0.487. The molecular weight excluding hydrogens is 190 g/mol. The second-order valence-corrected chi connectivity index (χ2v) is 4.15. The number of piperazine rings is 1. The zero-order valence-corrected chi connectivity index (χ0v) is 10.0.